The molecule has 0 spiro atoms. The molecule has 0 radical (unpaired) electrons. The first-order chi connectivity index (χ1) is 13.4. The van der Waals surface area contributed by atoms with Crippen LogP contribution in [0.3, 0.4) is 0 Å². The van der Waals surface area contributed by atoms with Gasteiger partial charge in [0.05, 0.1) is 5.69 Å². The van der Waals surface area contributed by atoms with Gasteiger partial charge in [0, 0.05) is 26.4 Å². The van der Waals surface area contributed by atoms with Crippen LogP contribution in [-0.2, 0) is 5.75 Å². The van der Waals surface area contributed by atoms with Crippen LogP contribution in [0, 0.1) is 12.7 Å². The minimum atomic E-state index is -0.404. The monoisotopic (exact) mass is 478 g/mol. The van der Waals surface area contributed by atoms with Crippen molar-refractivity contribution in [3.63, 3.8) is 0 Å². The molecule has 0 unspecified atom stereocenters. The van der Waals surface area contributed by atoms with Crippen molar-refractivity contribution >= 4 is 44.9 Å². The van der Waals surface area contributed by atoms with Crippen molar-refractivity contribution in [2.45, 2.75) is 17.8 Å². The van der Waals surface area contributed by atoms with E-state index in [2.05, 4.69) is 31.0 Å². The molecule has 9 heteroatoms. The van der Waals surface area contributed by atoms with Gasteiger partial charge in [0.2, 0.25) is 0 Å². The van der Waals surface area contributed by atoms with Crippen LogP contribution in [0.25, 0.3) is 16.8 Å². The van der Waals surface area contributed by atoms with Gasteiger partial charge in [0.25, 0.3) is 0 Å². The topological polar surface area (TPSA) is 63.1 Å². The van der Waals surface area contributed by atoms with Gasteiger partial charge in [-0.3, -0.25) is 4.98 Å². The van der Waals surface area contributed by atoms with Crippen molar-refractivity contribution in [2.75, 3.05) is 0 Å². The molecule has 0 aliphatic carbocycles. The number of thioether (sulfide) groups is 1. The van der Waals surface area contributed by atoms with E-state index < -0.39 is 5.69 Å². The molecule has 0 amide bonds. The fourth-order valence-corrected chi connectivity index (χ4v) is 4.32. The predicted octanol–water partition coefficient (Wildman–Crippen LogP) is 5.24. The number of aryl methyl sites for hydroxylation is 1. The molecule has 4 aromatic rings. The van der Waals surface area contributed by atoms with Crippen molar-refractivity contribution in [1.29, 1.82) is 0 Å². The Morgan fingerprint density at radius 2 is 2.00 bits per heavy atom. The molecule has 0 aliphatic rings. The second-order valence-corrected chi connectivity index (χ2v) is 8.33. The summed E-state index contributed by atoms with van der Waals surface area (Å²) in [6, 6.07) is 12.2. The van der Waals surface area contributed by atoms with Gasteiger partial charge < -0.3 is 0 Å². The highest BCUT2D eigenvalue weighted by atomic mass is 79.9. The number of fused-ring (bicyclic) bond motifs is 1. The first kappa shape index (κ1) is 19.2. The van der Waals surface area contributed by atoms with Crippen molar-refractivity contribution in [1.82, 2.24) is 19.6 Å². The van der Waals surface area contributed by atoms with Crippen LogP contribution in [-0.4, -0.2) is 19.6 Å². The normalized spacial score (nSPS) is 11.3. The van der Waals surface area contributed by atoms with Crippen LogP contribution in [0.15, 0.2) is 56.9 Å². The third-order valence-corrected chi connectivity index (χ3v) is 5.98. The molecule has 2 aromatic heterocycles. The molecule has 142 valence electrons. The van der Waals surface area contributed by atoms with E-state index in [1.807, 2.05) is 31.2 Å². The Kier molecular flexibility index (Phi) is 5.27. The van der Waals surface area contributed by atoms with Crippen molar-refractivity contribution < 1.29 is 4.39 Å². The summed E-state index contributed by atoms with van der Waals surface area (Å²) in [5, 5.41) is 5.02. The quantitative estimate of drug-likeness (QED) is 0.407. The van der Waals surface area contributed by atoms with Crippen molar-refractivity contribution in [3.05, 3.63) is 79.5 Å². The van der Waals surface area contributed by atoms with E-state index in [0.717, 1.165) is 15.6 Å². The predicted molar refractivity (Wildman–Crippen MR) is 112 cm³/mol. The zero-order chi connectivity index (χ0) is 19.8. The molecule has 0 saturated carbocycles. The lowest BCUT2D eigenvalue weighted by atomic mass is 10.1. The second-order valence-electron chi connectivity index (χ2n) is 6.04. The standard InChI is InChI=1S/C19H13BrClFN4OS/c1-10-16(11-5-7-12(20)8-6-11)17-23-18(24-19(27)26(17)25-10)28-9-13-14(21)3-2-4-15(13)22/h2-8H,9H2,1H3,(H,23,24,27). The van der Waals surface area contributed by atoms with E-state index in [1.54, 1.807) is 12.1 Å². The number of H-pyrrole nitrogens is 1. The number of benzene rings is 2. The second kappa shape index (κ2) is 7.69. The minimum Gasteiger partial charge on any atom is -0.285 e. The summed E-state index contributed by atoms with van der Waals surface area (Å²) in [6.07, 6.45) is 0. The largest absolute Gasteiger partial charge is 0.350 e. The number of hydrogen-bond acceptors (Lipinski definition) is 4. The Morgan fingerprint density at radius 3 is 2.71 bits per heavy atom. The fraction of sp³-hybridized carbons (Fsp3) is 0.105. The van der Waals surface area contributed by atoms with Crippen LogP contribution in [0.1, 0.15) is 11.3 Å². The number of hydrogen-bond donors (Lipinski definition) is 1. The van der Waals surface area contributed by atoms with E-state index in [0.29, 0.717) is 27.1 Å². The number of aromatic nitrogens is 4. The SMILES string of the molecule is Cc1nn2c(=O)[nH]c(SCc3c(F)cccc3Cl)nc2c1-c1ccc(Br)cc1. The molecule has 0 fully saturated rings. The lowest BCUT2D eigenvalue weighted by Gasteiger charge is -2.06. The van der Waals surface area contributed by atoms with E-state index in [-0.39, 0.29) is 11.6 Å². The first-order valence-electron chi connectivity index (χ1n) is 8.25. The summed E-state index contributed by atoms with van der Waals surface area (Å²) in [5.41, 5.74) is 2.80. The van der Waals surface area contributed by atoms with Crippen LogP contribution >= 0.6 is 39.3 Å². The Labute approximate surface area is 177 Å². The zero-order valence-electron chi connectivity index (χ0n) is 14.5. The fourth-order valence-electron chi connectivity index (χ4n) is 2.86. The number of nitrogens with zero attached hydrogens (tertiary/aromatic N) is 3. The summed E-state index contributed by atoms with van der Waals surface area (Å²) >= 11 is 10.7. The average Bonchev–Trinajstić information content (AvgIpc) is 2.99. The number of rotatable bonds is 4. The maximum Gasteiger partial charge on any atom is 0.350 e. The van der Waals surface area contributed by atoms with Crippen LogP contribution in [0.2, 0.25) is 5.02 Å². The lowest BCUT2D eigenvalue weighted by molar-refractivity contribution is 0.617. The Bertz CT molecular complexity index is 1220. The van der Waals surface area contributed by atoms with Gasteiger partial charge >= 0.3 is 5.69 Å². The smallest absolute Gasteiger partial charge is 0.285 e. The van der Waals surface area contributed by atoms with E-state index in [4.69, 9.17) is 11.6 Å². The molecule has 1 N–H and O–H groups in total. The van der Waals surface area contributed by atoms with Gasteiger partial charge in [0.1, 0.15) is 5.82 Å². The van der Waals surface area contributed by atoms with Gasteiger partial charge in [-0.05, 0) is 36.8 Å². The van der Waals surface area contributed by atoms with E-state index in [1.165, 1.54) is 22.3 Å². The summed E-state index contributed by atoms with van der Waals surface area (Å²) in [6.45, 7) is 1.83. The molecule has 0 aliphatic heterocycles. The summed E-state index contributed by atoms with van der Waals surface area (Å²) in [5.74, 6) is -0.148. The molecule has 28 heavy (non-hydrogen) atoms. The van der Waals surface area contributed by atoms with Gasteiger partial charge in [-0.25, -0.2) is 14.2 Å². The molecule has 0 saturated heterocycles. The highest BCUT2D eigenvalue weighted by molar-refractivity contribution is 9.10. The third-order valence-electron chi connectivity index (χ3n) is 4.20. The average molecular weight is 480 g/mol. The van der Waals surface area contributed by atoms with Crippen molar-refractivity contribution in [3.8, 4) is 11.1 Å². The Balaban J connectivity index is 1.76. The van der Waals surface area contributed by atoms with Crippen LogP contribution < -0.4 is 5.69 Å². The molecule has 0 bridgehead atoms. The molecule has 0 atom stereocenters. The molecule has 4 rings (SSSR count). The summed E-state index contributed by atoms with van der Waals surface area (Å²) in [4.78, 5) is 19.7. The molecule has 5 nitrogen and oxygen atoms in total. The van der Waals surface area contributed by atoms with Crippen LogP contribution in [0.4, 0.5) is 4.39 Å². The summed E-state index contributed by atoms with van der Waals surface area (Å²) in [7, 11) is 0. The highest BCUT2D eigenvalue weighted by Gasteiger charge is 2.17. The summed E-state index contributed by atoms with van der Waals surface area (Å²) < 4.78 is 16.2. The number of halogens is 3. The van der Waals surface area contributed by atoms with Gasteiger partial charge in [-0.15, -0.1) is 0 Å². The number of aromatic amines is 1. The van der Waals surface area contributed by atoms with Gasteiger partial charge in [-0.1, -0.05) is 57.5 Å². The lowest BCUT2D eigenvalue weighted by Crippen LogP contribution is -2.19. The Hall–Kier alpha value is -2.16. The highest BCUT2D eigenvalue weighted by Crippen LogP contribution is 2.30. The van der Waals surface area contributed by atoms with Gasteiger partial charge in [0.15, 0.2) is 10.8 Å². The van der Waals surface area contributed by atoms with Crippen LogP contribution in [0.5, 0.6) is 0 Å². The van der Waals surface area contributed by atoms with E-state index >= 15 is 0 Å². The molecule has 2 aromatic carbocycles. The number of nitrogens with one attached hydrogen (secondary N) is 1. The maximum atomic E-state index is 14.0. The zero-order valence-corrected chi connectivity index (χ0v) is 17.7. The van der Waals surface area contributed by atoms with Gasteiger partial charge in [-0.2, -0.15) is 9.61 Å². The minimum absolute atomic E-state index is 0.241. The maximum absolute atomic E-state index is 14.0. The molecular weight excluding hydrogens is 467 g/mol. The molecule has 2 heterocycles. The molecular formula is C19H13BrClFN4OS. The first-order valence-corrected chi connectivity index (χ1v) is 10.4. The third kappa shape index (κ3) is 3.59. The van der Waals surface area contributed by atoms with Crippen molar-refractivity contribution in [2.24, 2.45) is 0 Å². The Morgan fingerprint density at radius 1 is 1.25 bits per heavy atom. The van der Waals surface area contributed by atoms with E-state index in [9.17, 15) is 9.18 Å².